The molecule has 3 aromatic heterocycles. The van der Waals surface area contributed by atoms with Crippen LogP contribution < -0.4 is 0 Å². The van der Waals surface area contributed by atoms with Gasteiger partial charge in [-0.15, -0.1) is 0 Å². The fraction of sp³-hybridized carbons (Fsp3) is 0.474. The van der Waals surface area contributed by atoms with Crippen molar-refractivity contribution in [2.24, 2.45) is 7.05 Å². The molecule has 3 aromatic rings. The molecule has 0 aliphatic carbocycles. The van der Waals surface area contributed by atoms with Crippen LogP contribution in [0.1, 0.15) is 43.3 Å². The van der Waals surface area contributed by atoms with Crippen LogP contribution in [0.15, 0.2) is 40.3 Å². The minimum Gasteiger partial charge on any atom is -0.339 e. The molecular weight excluding hydrogens is 392 g/mol. The number of fused-ring (bicyclic) bond motifs is 2. The Bertz CT molecular complexity index is 1110. The third-order valence-corrected chi connectivity index (χ3v) is 7.88. The van der Waals surface area contributed by atoms with Crippen molar-refractivity contribution < 1.29 is 12.9 Å². The summed E-state index contributed by atoms with van der Waals surface area (Å²) in [6, 6.07) is 3.57. The molecule has 3 atom stereocenters. The molecule has 10 heteroatoms. The number of sulfonamides is 1. The van der Waals surface area contributed by atoms with Crippen molar-refractivity contribution in [1.82, 2.24) is 29.0 Å². The first kappa shape index (κ1) is 18.4. The molecule has 2 bridgehead atoms. The van der Waals surface area contributed by atoms with Gasteiger partial charge in [0.25, 0.3) is 10.0 Å². The number of rotatable bonds is 4. The molecule has 152 valence electrons. The van der Waals surface area contributed by atoms with Crippen LogP contribution in [0.4, 0.5) is 0 Å². The van der Waals surface area contributed by atoms with E-state index >= 15 is 0 Å². The Balaban J connectivity index is 1.39. The predicted molar refractivity (Wildman–Crippen MR) is 103 cm³/mol. The van der Waals surface area contributed by atoms with Gasteiger partial charge in [-0.2, -0.15) is 9.29 Å². The second-order valence-corrected chi connectivity index (χ2v) is 9.61. The van der Waals surface area contributed by atoms with Gasteiger partial charge < -0.3 is 9.09 Å². The number of hydrogen-bond acceptors (Lipinski definition) is 7. The van der Waals surface area contributed by atoms with Crippen molar-refractivity contribution in [2.75, 3.05) is 0 Å². The first-order chi connectivity index (χ1) is 13.9. The second kappa shape index (κ2) is 6.74. The molecule has 0 spiro atoms. The topological polar surface area (TPSA) is 107 Å². The zero-order chi connectivity index (χ0) is 20.2. The molecule has 0 N–H and O–H groups in total. The Morgan fingerprint density at radius 3 is 2.55 bits per heavy atom. The molecule has 2 saturated heterocycles. The van der Waals surface area contributed by atoms with E-state index in [9.17, 15) is 8.42 Å². The summed E-state index contributed by atoms with van der Waals surface area (Å²) in [6.07, 6.45) is 8.02. The zero-order valence-electron chi connectivity index (χ0n) is 16.3. The number of piperidine rings is 1. The summed E-state index contributed by atoms with van der Waals surface area (Å²) < 4.78 is 35.4. The lowest BCUT2D eigenvalue weighted by molar-refractivity contribution is 0.201. The van der Waals surface area contributed by atoms with Gasteiger partial charge >= 0.3 is 0 Å². The highest BCUT2D eigenvalue weighted by Gasteiger charge is 2.49. The highest BCUT2D eigenvalue weighted by molar-refractivity contribution is 7.89. The summed E-state index contributed by atoms with van der Waals surface area (Å²) in [5.74, 6) is 1.83. The average Bonchev–Trinajstić information content (AvgIpc) is 3.40. The lowest BCUT2D eigenvalue weighted by Crippen LogP contribution is -2.46. The monoisotopic (exact) mass is 414 g/mol. The first-order valence-corrected chi connectivity index (χ1v) is 11.1. The Morgan fingerprint density at radius 2 is 1.93 bits per heavy atom. The minimum atomic E-state index is -3.62. The Kier molecular flexibility index (Phi) is 4.28. The van der Waals surface area contributed by atoms with Gasteiger partial charge in [0.2, 0.25) is 11.7 Å². The van der Waals surface area contributed by atoms with Crippen molar-refractivity contribution in [3.05, 3.63) is 42.4 Å². The van der Waals surface area contributed by atoms with Gasteiger partial charge in [-0.3, -0.25) is 4.98 Å². The molecule has 9 nitrogen and oxygen atoms in total. The average molecular weight is 414 g/mol. The van der Waals surface area contributed by atoms with Gasteiger partial charge in [-0.05, 0) is 44.7 Å². The third-order valence-electron chi connectivity index (χ3n) is 6.01. The molecule has 2 fully saturated rings. The minimum absolute atomic E-state index is 0.0577. The van der Waals surface area contributed by atoms with Crippen LogP contribution in [0, 0.1) is 6.92 Å². The normalized spacial score (nSPS) is 24.8. The highest BCUT2D eigenvalue weighted by Crippen LogP contribution is 2.45. The third kappa shape index (κ3) is 3.06. The molecule has 1 unspecified atom stereocenters. The molecule has 0 radical (unpaired) electrons. The van der Waals surface area contributed by atoms with Crippen LogP contribution in [0.3, 0.4) is 0 Å². The van der Waals surface area contributed by atoms with E-state index in [1.54, 1.807) is 41.4 Å². The van der Waals surface area contributed by atoms with Gasteiger partial charge in [0.05, 0.1) is 0 Å². The maximum absolute atomic E-state index is 13.2. The summed E-state index contributed by atoms with van der Waals surface area (Å²) in [6.45, 7) is 1.80. The molecule has 29 heavy (non-hydrogen) atoms. The molecule has 0 saturated carbocycles. The van der Waals surface area contributed by atoms with Gasteiger partial charge in [0, 0.05) is 49.2 Å². The maximum Gasteiger partial charge on any atom is 0.262 e. The predicted octanol–water partition coefficient (Wildman–Crippen LogP) is 2.27. The van der Waals surface area contributed by atoms with Crippen LogP contribution >= 0.6 is 0 Å². The van der Waals surface area contributed by atoms with Crippen LogP contribution in [0.2, 0.25) is 0 Å². The van der Waals surface area contributed by atoms with Crippen molar-refractivity contribution in [3.8, 4) is 11.4 Å². The fourth-order valence-corrected chi connectivity index (χ4v) is 6.42. The summed E-state index contributed by atoms with van der Waals surface area (Å²) in [5.41, 5.74) is 0.802. The number of hydrogen-bond donors (Lipinski definition) is 0. The van der Waals surface area contributed by atoms with Crippen LogP contribution in [0.25, 0.3) is 11.4 Å². The molecule has 5 heterocycles. The smallest absolute Gasteiger partial charge is 0.262 e. The van der Waals surface area contributed by atoms with Gasteiger partial charge in [-0.25, -0.2) is 13.4 Å². The Labute approximate surface area is 168 Å². The van der Waals surface area contributed by atoms with E-state index in [2.05, 4.69) is 20.1 Å². The summed E-state index contributed by atoms with van der Waals surface area (Å²) in [7, 11) is -1.81. The molecule has 0 aromatic carbocycles. The molecule has 2 aliphatic heterocycles. The molecule has 0 amide bonds. The van der Waals surface area contributed by atoms with Gasteiger partial charge in [0.15, 0.2) is 5.03 Å². The standard InChI is InChI=1S/C19H22N6O3S/c1-12-21-17(11-24(12)2)29(26,27)25-15-5-6-16(25)9-14(8-15)19-22-18(23-28-19)13-4-3-7-20-10-13/h3-4,7,10-11,14-16H,5-6,8-9H2,1-2H3/t14?,15-,16+. The fourth-order valence-electron chi connectivity index (χ4n) is 4.50. The van der Waals surface area contributed by atoms with Crippen molar-refractivity contribution in [1.29, 1.82) is 0 Å². The van der Waals surface area contributed by atoms with E-state index in [0.717, 1.165) is 18.4 Å². The van der Waals surface area contributed by atoms with Gasteiger partial charge in [-0.1, -0.05) is 5.16 Å². The van der Waals surface area contributed by atoms with Crippen LogP contribution in [0.5, 0.6) is 0 Å². The Morgan fingerprint density at radius 1 is 1.17 bits per heavy atom. The maximum atomic E-state index is 13.2. The molecule has 5 rings (SSSR count). The highest BCUT2D eigenvalue weighted by atomic mass is 32.2. The van der Waals surface area contributed by atoms with E-state index in [1.807, 2.05) is 12.1 Å². The van der Waals surface area contributed by atoms with E-state index in [0.29, 0.717) is 30.4 Å². The van der Waals surface area contributed by atoms with E-state index < -0.39 is 10.0 Å². The van der Waals surface area contributed by atoms with Crippen molar-refractivity contribution in [3.63, 3.8) is 0 Å². The summed E-state index contributed by atoms with van der Waals surface area (Å²) in [4.78, 5) is 12.9. The SMILES string of the molecule is Cc1nc(S(=O)(=O)N2[C@@H]3CC[C@H]2CC(c2nc(-c4cccnc4)no2)C3)cn1C. The number of nitrogens with zero attached hydrogens (tertiary/aromatic N) is 6. The number of imidazole rings is 1. The van der Waals surface area contributed by atoms with Crippen LogP contribution in [-0.2, 0) is 17.1 Å². The second-order valence-electron chi connectivity index (χ2n) is 7.82. The number of pyridine rings is 1. The number of aromatic nitrogens is 5. The molecular formula is C19H22N6O3S. The van der Waals surface area contributed by atoms with Gasteiger partial charge in [0.1, 0.15) is 5.82 Å². The summed E-state index contributed by atoms with van der Waals surface area (Å²) in [5, 5.41) is 4.22. The van der Waals surface area contributed by atoms with E-state index in [-0.39, 0.29) is 23.0 Å². The Hall–Kier alpha value is -2.59. The van der Waals surface area contributed by atoms with E-state index in [1.165, 1.54) is 0 Å². The lowest BCUT2D eigenvalue weighted by atomic mass is 9.92. The first-order valence-electron chi connectivity index (χ1n) is 9.71. The van der Waals surface area contributed by atoms with Crippen LogP contribution in [-0.4, -0.2) is 49.5 Å². The lowest BCUT2D eigenvalue weighted by Gasteiger charge is -2.36. The van der Waals surface area contributed by atoms with Crippen molar-refractivity contribution in [2.45, 2.75) is 55.6 Å². The molecule has 2 aliphatic rings. The largest absolute Gasteiger partial charge is 0.339 e. The van der Waals surface area contributed by atoms with Crippen molar-refractivity contribution >= 4 is 10.0 Å². The summed E-state index contributed by atoms with van der Waals surface area (Å²) >= 11 is 0. The number of aryl methyl sites for hydroxylation is 2. The zero-order valence-corrected chi connectivity index (χ0v) is 17.1. The van der Waals surface area contributed by atoms with E-state index in [4.69, 9.17) is 4.52 Å². The quantitative estimate of drug-likeness (QED) is 0.644.